The molecule has 2 aromatic carbocycles. The van der Waals surface area contributed by atoms with Gasteiger partial charge in [0.15, 0.2) is 0 Å². The monoisotopic (exact) mass is 411 g/mol. The molecule has 0 unspecified atom stereocenters. The summed E-state index contributed by atoms with van der Waals surface area (Å²) < 4.78 is 16.6. The fraction of sp³-hybridized carbons (Fsp3) is 0.364. The van der Waals surface area contributed by atoms with Crippen molar-refractivity contribution < 1.29 is 23.5 Å². The van der Waals surface area contributed by atoms with Crippen molar-refractivity contribution in [2.45, 2.75) is 6.42 Å². The second kappa shape index (κ2) is 9.15. The summed E-state index contributed by atoms with van der Waals surface area (Å²) in [4.78, 5) is 26.8. The predicted octanol–water partition coefficient (Wildman–Crippen LogP) is 2.37. The molecule has 2 amide bonds. The molecule has 0 bridgehead atoms. The van der Waals surface area contributed by atoms with Gasteiger partial charge in [-0.05, 0) is 25.1 Å². The highest BCUT2D eigenvalue weighted by Gasteiger charge is 2.18. The molecule has 4 rings (SSSR count). The number of hydrogen-bond donors (Lipinski definition) is 2. The molecule has 2 N–H and O–H groups in total. The third-order valence-corrected chi connectivity index (χ3v) is 5.19. The average molecular weight is 411 g/mol. The van der Waals surface area contributed by atoms with Gasteiger partial charge >= 0.3 is 11.8 Å². The Bertz CT molecular complexity index is 1060. The van der Waals surface area contributed by atoms with E-state index in [1.165, 1.54) is 7.11 Å². The second-order valence-corrected chi connectivity index (χ2v) is 7.16. The lowest BCUT2D eigenvalue weighted by atomic mass is 10.1. The minimum Gasteiger partial charge on any atom is -0.495 e. The largest absolute Gasteiger partial charge is 0.495 e. The summed E-state index contributed by atoms with van der Waals surface area (Å²) in [6, 6.07) is 11.2. The van der Waals surface area contributed by atoms with Gasteiger partial charge in [0.2, 0.25) is 0 Å². The minimum absolute atomic E-state index is 0.387. The molecule has 1 fully saturated rings. The lowest BCUT2D eigenvalue weighted by molar-refractivity contribution is -0.136. The van der Waals surface area contributed by atoms with Crippen molar-refractivity contribution in [2.75, 3.05) is 51.8 Å². The molecule has 1 aromatic heterocycles. The van der Waals surface area contributed by atoms with E-state index in [4.69, 9.17) is 13.9 Å². The lowest BCUT2D eigenvalue weighted by Crippen LogP contribution is -2.39. The topological polar surface area (TPSA) is 93.0 Å². The van der Waals surface area contributed by atoms with Gasteiger partial charge in [-0.1, -0.05) is 18.2 Å². The predicted molar refractivity (Wildman–Crippen MR) is 114 cm³/mol. The highest BCUT2D eigenvalue weighted by atomic mass is 16.5. The Morgan fingerprint density at radius 3 is 2.67 bits per heavy atom. The van der Waals surface area contributed by atoms with Crippen molar-refractivity contribution in [3.63, 3.8) is 0 Å². The van der Waals surface area contributed by atoms with Gasteiger partial charge < -0.3 is 24.5 Å². The number of fused-ring (bicyclic) bond motifs is 3. The normalized spacial score (nSPS) is 14.7. The number of nitrogens with zero attached hydrogens (tertiary/aromatic N) is 1. The number of ether oxygens (including phenoxy) is 2. The van der Waals surface area contributed by atoms with Crippen LogP contribution in [0.1, 0.15) is 6.42 Å². The van der Waals surface area contributed by atoms with Gasteiger partial charge in [-0.3, -0.25) is 14.5 Å². The number of anilines is 1. The summed E-state index contributed by atoms with van der Waals surface area (Å²) in [5.74, 6) is -0.957. The van der Waals surface area contributed by atoms with Gasteiger partial charge in [-0.15, -0.1) is 0 Å². The number of methoxy groups -OCH3 is 1. The van der Waals surface area contributed by atoms with Crippen molar-refractivity contribution in [3.05, 3.63) is 36.4 Å². The van der Waals surface area contributed by atoms with Crippen molar-refractivity contribution in [1.29, 1.82) is 0 Å². The molecular weight excluding hydrogens is 386 g/mol. The minimum atomic E-state index is -0.741. The van der Waals surface area contributed by atoms with Crippen LogP contribution in [0.3, 0.4) is 0 Å². The number of carbonyl (C=O) groups excluding carboxylic acids is 2. The van der Waals surface area contributed by atoms with Gasteiger partial charge in [0.1, 0.15) is 16.9 Å². The zero-order valence-electron chi connectivity index (χ0n) is 16.9. The Balaban J connectivity index is 1.38. The number of para-hydroxylation sites is 1. The van der Waals surface area contributed by atoms with E-state index < -0.39 is 11.8 Å². The smallest absolute Gasteiger partial charge is 0.313 e. The Kier molecular flexibility index (Phi) is 6.15. The summed E-state index contributed by atoms with van der Waals surface area (Å²) in [5, 5.41) is 7.13. The molecule has 158 valence electrons. The fourth-order valence-corrected chi connectivity index (χ4v) is 3.61. The first kappa shape index (κ1) is 20.2. The van der Waals surface area contributed by atoms with E-state index in [1.807, 2.05) is 24.3 Å². The van der Waals surface area contributed by atoms with Crippen LogP contribution < -0.4 is 15.4 Å². The van der Waals surface area contributed by atoms with Gasteiger partial charge in [-0.25, -0.2) is 0 Å². The summed E-state index contributed by atoms with van der Waals surface area (Å²) in [6.45, 7) is 4.58. The van der Waals surface area contributed by atoms with Gasteiger partial charge in [-0.2, -0.15) is 0 Å². The van der Waals surface area contributed by atoms with Crippen LogP contribution in [0.2, 0.25) is 0 Å². The van der Waals surface area contributed by atoms with E-state index in [9.17, 15) is 9.59 Å². The first-order valence-electron chi connectivity index (χ1n) is 10.0. The van der Waals surface area contributed by atoms with Crippen molar-refractivity contribution in [2.24, 2.45) is 0 Å². The van der Waals surface area contributed by atoms with E-state index in [0.717, 1.165) is 55.6 Å². The second-order valence-electron chi connectivity index (χ2n) is 7.16. The van der Waals surface area contributed by atoms with Crippen molar-refractivity contribution in [1.82, 2.24) is 10.2 Å². The number of carbonyl (C=O) groups is 2. The number of furan rings is 1. The van der Waals surface area contributed by atoms with Crippen molar-refractivity contribution >= 4 is 39.4 Å². The zero-order valence-corrected chi connectivity index (χ0v) is 16.9. The molecule has 1 saturated heterocycles. The van der Waals surface area contributed by atoms with E-state index in [0.29, 0.717) is 23.6 Å². The summed E-state index contributed by atoms with van der Waals surface area (Å²) >= 11 is 0. The maximum Gasteiger partial charge on any atom is 0.313 e. The summed E-state index contributed by atoms with van der Waals surface area (Å²) in [7, 11) is 1.52. The molecule has 0 radical (unpaired) electrons. The van der Waals surface area contributed by atoms with Crippen LogP contribution in [-0.4, -0.2) is 63.2 Å². The average Bonchev–Trinajstić information content (AvgIpc) is 3.14. The Morgan fingerprint density at radius 2 is 1.87 bits per heavy atom. The molecule has 8 heteroatoms. The van der Waals surface area contributed by atoms with E-state index in [-0.39, 0.29) is 0 Å². The number of morpholine rings is 1. The first-order chi connectivity index (χ1) is 14.7. The number of amides is 2. The number of hydrogen-bond acceptors (Lipinski definition) is 6. The van der Waals surface area contributed by atoms with Gasteiger partial charge in [0.05, 0.1) is 26.0 Å². The summed E-state index contributed by atoms with van der Waals surface area (Å²) in [5.41, 5.74) is 1.74. The lowest BCUT2D eigenvalue weighted by Gasteiger charge is -2.26. The summed E-state index contributed by atoms with van der Waals surface area (Å²) in [6.07, 6.45) is 0.771. The van der Waals surface area contributed by atoms with Gasteiger partial charge in [0, 0.05) is 36.5 Å². The van der Waals surface area contributed by atoms with Crippen LogP contribution in [0.5, 0.6) is 5.75 Å². The Labute approximate surface area is 174 Å². The quantitative estimate of drug-likeness (QED) is 0.478. The zero-order chi connectivity index (χ0) is 20.9. The Hall–Kier alpha value is -3.10. The molecule has 2 heterocycles. The maximum absolute atomic E-state index is 12.3. The molecular formula is C22H25N3O5. The highest BCUT2D eigenvalue weighted by Crippen LogP contribution is 2.36. The molecule has 1 aliphatic rings. The van der Waals surface area contributed by atoms with Crippen LogP contribution in [0.4, 0.5) is 5.69 Å². The third-order valence-electron chi connectivity index (χ3n) is 5.19. The van der Waals surface area contributed by atoms with E-state index in [1.54, 1.807) is 12.1 Å². The number of benzene rings is 2. The van der Waals surface area contributed by atoms with E-state index in [2.05, 4.69) is 15.5 Å². The molecule has 3 aromatic rings. The molecule has 0 atom stereocenters. The SMILES string of the molecule is COc1cc2c(cc1NC(=O)C(=O)NCCCN1CCOCC1)oc1ccccc12. The van der Waals surface area contributed by atoms with E-state index >= 15 is 0 Å². The highest BCUT2D eigenvalue weighted by molar-refractivity contribution is 6.39. The molecule has 1 aliphatic heterocycles. The molecule has 8 nitrogen and oxygen atoms in total. The standard InChI is InChI=1S/C22H25N3O5/c1-28-20-13-16-15-5-2-3-6-18(15)30-19(16)14-17(20)24-22(27)21(26)23-7-4-8-25-9-11-29-12-10-25/h2-3,5-6,13-14H,4,7-12H2,1H3,(H,23,26)(H,24,27). The van der Waals surface area contributed by atoms with Crippen LogP contribution in [-0.2, 0) is 14.3 Å². The molecule has 0 spiro atoms. The first-order valence-corrected chi connectivity index (χ1v) is 10.0. The maximum atomic E-state index is 12.3. The van der Waals surface area contributed by atoms with Crippen molar-refractivity contribution in [3.8, 4) is 5.75 Å². The molecule has 30 heavy (non-hydrogen) atoms. The van der Waals surface area contributed by atoms with Gasteiger partial charge in [0.25, 0.3) is 0 Å². The number of nitrogens with one attached hydrogen (secondary N) is 2. The van der Waals surface area contributed by atoms with Crippen LogP contribution >= 0.6 is 0 Å². The molecule has 0 aliphatic carbocycles. The third kappa shape index (κ3) is 4.39. The van der Waals surface area contributed by atoms with Crippen LogP contribution in [0.25, 0.3) is 21.9 Å². The van der Waals surface area contributed by atoms with Crippen LogP contribution in [0.15, 0.2) is 40.8 Å². The molecule has 0 saturated carbocycles. The number of rotatable bonds is 6. The van der Waals surface area contributed by atoms with Crippen LogP contribution in [0, 0.1) is 0 Å². The fourth-order valence-electron chi connectivity index (χ4n) is 3.61. The Morgan fingerprint density at radius 1 is 1.07 bits per heavy atom.